The highest BCUT2D eigenvalue weighted by atomic mass is 32.2. The zero-order valence-corrected chi connectivity index (χ0v) is 13.9. The van der Waals surface area contributed by atoms with Crippen LogP contribution in [0.25, 0.3) is 5.69 Å². The number of anilines is 2. The molecule has 0 fully saturated rings. The Morgan fingerprint density at radius 3 is 2.62 bits per heavy atom. The van der Waals surface area contributed by atoms with Crippen molar-refractivity contribution in [1.82, 2.24) is 9.78 Å². The van der Waals surface area contributed by atoms with E-state index in [4.69, 9.17) is 5.14 Å². The highest BCUT2D eigenvalue weighted by Crippen LogP contribution is 2.30. The Morgan fingerprint density at radius 2 is 1.96 bits per heavy atom. The SMILES string of the molecule is NS(=O)(=O)c1ccc(Nc2cnn(-c3ccccc3F)c2)c([N+](=O)[O-])c1. The summed E-state index contributed by atoms with van der Waals surface area (Å²) in [6, 6.07) is 9.21. The molecule has 0 aliphatic heterocycles. The maximum Gasteiger partial charge on any atom is 0.294 e. The van der Waals surface area contributed by atoms with Crippen LogP contribution in [0.3, 0.4) is 0 Å². The van der Waals surface area contributed by atoms with Gasteiger partial charge >= 0.3 is 0 Å². The number of nitrogens with one attached hydrogen (secondary N) is 1. The van der Waals surface area contributed by atoms with Crippen molar-refractivity contribution < 1.29 is 17.7 Å². The number of para-hydroxylation sites is 1. The van der Waals surface area contributed by atoms with Crippen molar-refractivity contribution in [3.8, 4) is 5.69 Å². The molecule has 0 aliphatic rings. The topological polar surface area (TPSA) is 133 Å². The van der Waals surface area contributed by atoms with Crippen LogP contribution in [-0.4, -0.2) is 23.1 Å². The summed E-state index contributed by atoms with van der Waals surface area (Å²) in [6.07, 6.45) is 2.79. The standard InChI is InChI=1S/C15H12FN5O4S/c16-12-3-1-2-4-14(12)20-9-10(8-18-20)19-13-6-5-11(26(17,24)25)7-15(13)21(22)23/h1-9,19H,(H2,17,24,25). The monoisotopic (exact) mass is 377 g/mol. The Morgan fingerprint density at radius 1 is 1.23 bits per heavy atom. The van der Waals surface area contributed by atoms with Gasteiger partial charge in [-0.05, 0) is 24.3 Å². The lowest BCUT2D eigenvalue weighted by atomic mass is 10.2. The molecule has 3 aromatic rings. The molecule has 1 heterocycles. The van der Waals surface area contributed by atoms with Gasteiger partial charge in [0.05, 0.1) is 27.9 Å². The lowest BCUT2D eigenvalue weighted by Crippen LogP contribution is -2.12. The van der Waals surface area contributed by atoms with E-state index in [1.165, 1.54) is 41.3 Å². The minimum Gasteiger partial charge on any atom is -0.347 e. The molecule has 0 atom stereocenters. The molecule has 1 aromatic heterocycles. The summed E-state index contributed by atoms with van der Waals surface area (Å²) in [5.41, 5.74) is 0.116. The van der Waals surface area contributed by atoms with Crippen molar-refractivity contribution in [3.63, 3.8) is 0 Å². The van der Waals surface area contributed by atoms with Crippen LogP contribution >= 0.6 is 0 Å². The molecule has 0 saturated heterocycles. The van der Waals surface area contributed by atoms with Crippen LogP contribution in [-0.2, 0) is 10.0 Å². The smallest absolute Gasteiger partial charge is 0.294 e. The van der Waals surface area contributed by atoms with E-state index in [1.807, 2.05) is 0 Å². The van der Waals surface area contributed by atoms with Gasteiger partial charge in [0.2, 0.25) is 10.0 Å². The van der Waals surface area contributed by atoms with Gasteiger partial charge in [-0.1, -0.05) is 12.1 Å². The number of nitrogens with two attached hydrogens (primary N) is 1. The van der Waals surface area contributed by atoms with E-state index in [0.29, 0.717) is 5.69 Å². The number of hydrogen-bond acceptors (Lipinski definition) is 6. The molecule has 9 nitrogen and oxygen atoms in total. The fraction of sp³-hybridized carbons (Fsp3) is 0. The number of nitro benzene ring substituents is 1. The summed E-state index contributed by atoms with van der Waals surface area (Å²) >= 11 is 0. The summed E-state index contributed by atoms with van der Waals surface area (Å²) in [6.45, 7) is 0. The first-order valence-corrected chi connectivity index (χ1v) is 8.68. The van der Waals surface area contributed by atoms with Crippen molar-refractivity contribution in [2.45, 2.75) is 4.90 Å². The van der Waals surface area contributed by atoms with Crippen molar-refractivity contribution in [1.29, 1.82) is 0 Å². The van der Waals surface area contributed by atoms with Crippen molar-refractivity contribution in [2.75, 3.05) is 5.32 Å². The summed E-state index contributed by atoms with van der Waals surface area (Å²) in [7, 11) is -4.08. The number of nitrogens with zero attached hydrogens (tertiary/aromatic N) is 3. The van der Waals surface area contributed by atoms with Crippen LogP contribution in [0.15, 0.2) is 59.8 Å². The number of rotatable bonds is 5. The number of nitro groups is 1. The van der Waals surface area contributed by atoms with E-state index in [9.17, 15) is 22.9 Å². The molecule has 0 spiro atoms. The molecule has 0 amide bonds. The van der Waals surface area contributed by atoms with Gasteiger partial charge < -0.3 is 5.32 Å². The maximum absolute atomic E-state index is 13.8. The quantitative estimate of drug-likeness (QED) is 0.518. The summed E-state index contributed by atoms with van der Waals surface area (Å²) < 4.78 is 37.8. The van der Waals surface area contributed by atoms with Crippen LogP contribution in [0.2, 0.25) is 0 Å². The lowest BCUT2D eigenvalue weighted by molar-refractivity contribution is -0.384. The normalized spacial score (nSPS) is 11.3. The molecular formula is C15H12FN5O4S. The van der Waals surface area contributed by atoms with Gasteiger partial charge in [0, 0.05) is 6.07 Å². The molecule has 0 saturated carbocycles. The third-order valence-corrected chi connectivity index (χ3v) is 4.37. The molecule has 26 heavy (non-hydrogen) atoms. The second-order valence-electron chi connectivity index (χ2n) is 5.23. The zero-order valence-electron chi connectivity index (χ0n) is 13.0. The number of sulfonamides is 1. The van der Waals surface area contributed by atoms with E-state index in [0.717, 1.165) is 12.1 Å². The van der Waals surface area contributed by atoms with E-state index < -0.39 is 26.5 Å². The third kappa shape index (κ3) is 3.53. The van der Waals surface area contributed by atoms with Gasteiger partial charge in [-0.2, -0.15) is 5.10 Å². The Kier molecular flexibility index (Phi) is 4.40. The second-order valence-corrected chi connectivity index (χ2v) is 6.79. The predicted molar refractivity (Wildman–Crippen MR) is 91.3 cm³/mol. The van der Waals surface area contributed by atoms with Crippen LogP contribution in [0.5, 0.6) is 0 Å². The van der Waals surface area contributed by atoms with Crippen molar-refractivity contribution >= 4 is 27.1 Å². The Balaban J connectivity index is 1.95. The van der Waals surface area contributed by atoms with E-state index in [2.05, 4.69) is 10.4 Å². The Hall–Kier alpha value is -3.31. The number of benzene rings is 2. The average molecular weight is 377 g/mol. The van der Waals surface area contributed by atoms with Crippen LogP contribution in [0.4, 0.5) is 21.5 Å². The van der Waals surface area contributed by atoms with E-state index in [1.54, 1.807) is 6.07 Å². The molecular weight excluding hydrogens is 365 g/mol. The van der Waals surface area contributed by atoms with Crippen molar-refractivity contribution in [3.05, 3.63) is 70.8 Å². The van der Waals surface area contributed by atoms with Crippen molar-refractivity contribution in [2.24, 2.45) is 5.14 Å². The first-order valence-electron chi connectivity index (χ1n) is 7.13. The fourth-order valence-corrected chi connectivity index (χ4v) is 2.79. The molecule has 3 N–H and O–H groups in total. The van der Waals surface area contributed by atoms with Gasteiger partial charge in [-0.15, -0.1) is 0 Å². The molecule has 11 heteroatoms. The lowest BCUT2D eigenvalue weighted by Gasteiger charge is -2.06. The number of hydrogen-bond donors (Lipinski definition) is 2. The van der Waals surface area contributed by atoms with Gasteiger partial charge in [0.15, 0.2) is 0 Å². The summed E-state index contributed by atoms with van der Waals surface area (Å²) in [4.78, 5) is 10.1. The van der Waals surface area contributed by atoms with Gasteiger partial charge in [-0.3, -0.25) is 10.1 Å². The zero-order chi connectivity index (χ0) is 18.9. The maximum atomic E-state index is 13.8. The van der Waals surface area contributed by atoms with Crippen LogP contribution in [0, 0.1) is 15.9 Å². The largest absolute Gasteiger partial charge is 0.347 e. The number of primary sulfonamides is 1. The summed E-state index contributed by atoms with van der Waals surface area (Å²) in [5.74, 6) is -0.481. The average Bonchev–Trinajstić information content (AvgIpc) is 3.02. The number of aromatic nitrogens is 2. The highest BCUT2D eigenvalue weighted by Gasteiger charge is 2.19. The molecule has 3 rings (SSSR count). The molecule has 0 aliphatic carbocycles. The minimum atomic E-state index is -4.08. The first kappa shape index (κ1) is 17.5. The van der Waals surface area contributed by atoms with Gasteiger partial charge in [-0.25, -0.2) is 22.6 Å². The molecule has 0 unspecified atom stereocenters. The van der Waals surface area contributed by atoms with Crippen LogP contribution in [0.1, 0.15) is 0 Å². The second kappa shape index (κ2) is 6.54. The Bertz CT molecular complexity index is 1100. The van der Waals surface area contributed by atoms with E-state index >= 15 is 0 Å². The molecule has 0 bridgehead atoms. The third-order valence-electron chi connectivity index (χ3n) is 3.46. The van der Waals surface area contributed by atoms with Crippen LogP contribution < -0.4 is 10.5 Å². The Labute approximate surface area is 147 Å². The van der Waals surface area contributed by atoms with Gasteiger partial charge in [0.1, 0.15) is 17.2 Å². The van der Waals surface area contributed by atoms with Gasteiger partial charge in [0.25, 0.3) is 5.69 Å². The minimum absolute atomic E-state index is 0.0375. The molecule has 2 aromatic carbocycles. The highest BCUT2D eigenvalue weighted by molar-refractivity contribution is 7.89. The predicted octanol–water partition coefficient (Wildman–Crippen LogP) is 2.31. The fourth-order valence-electron chi connectivity index (χ4n) is 2.26. The summed E-state index contributed by atoms with van der Waals surface area (Å²) in [5, 5.41) is 23.0. The molecule has 134 valence electrons. The first-order chi connectivity index (χ1) is 12.3. The number of halogens is 1. The van der Waals surface area contributed by atoms with E-state index in [-0.39, 0.29) is 16.3 Å². The molecule has 0 radical (unpaired) electrons.